The van der Waals surface area contributed by atoms with Gasteiger partial charge in [-0.1, -0.05) is 112 Å². The largest absolute Gasteiger partial charge is 0.391 e. The number of aryl methyl sites for hydroxylation is 3. The molecule has 2 amide bonds. The molecule has 0 unspecified atom stereocenters. The summed E-state index contributed by atoms with van der Waals surface area (Å²) in [5, 5.41) is 9.26. The maximum absolute atomic E-state index is 12.2. The maximum atomic E-state index is 12.2. The van der Waals surface area contributed by atoms with Gasteiger partial charge in [-0.05, 0) is 61.7 Å². The van der Waals surface area contributed by atoms with Gasteiger partial charge < -0.3 is 16.0 Å². The molecule has 8 heteroatoms. The Morgan fingerprint density at radius 3 is 1.75 bits per heavy atom. The molecule has 0 fully saturated rings. The third kappa shape index (κ3) is 17.2. The number of rotatable bonds is 21. The molecule has 1 aromatic heterocycles. The summed E-state index contributed by atoms with van der Waals surface area (Å²) >= 11 is 0. The number of aromatic nitrogens is 1. The van der Waals surface area contributed by atoms with Crippen LogP contribution in [0.4, 0.5) is 0 Å². The molecule has 3 aromatic rings. The molecule has 0 bridgehead atoms. The molecule has 2 aromatic carbocycles. The normalized spacial score (nSPS) is 11.9. The van der Waals surface area contributed by atoms with Crippen molar-refractivity contribution in [2.45, 2.75) is 53.0 Å². The van der Waals surface area contributed by atoms with Crippen LogP contribution in [0.2, 0.25) is 0 Å². The molecule has 0 aliphatic carbocycles. The highest BCUT2D eigenvalue weighted by atomic mass is 33.1. The minimum atomic E-state index is 0.0814. The van der Waals surface area contributed by atoms with E-state index in [-0.39, 0.29) is 11.8 Å². The van der Waals surface area contributed by atoms with Crippen LogP contribution >= 0.6 is 21.6 Å². The first kappa shape index (κ1) is 38.4. The molecule has 254 valence electrons. The Balaban J connectivity index is 1.12. The van der Waals surface area contributed by atoms with Crippen molar-refractivity contribution in [1.29, 1.82) is 0 Å². The summed E-state index contributed by atoms with van der Waals surface area (Å²) in [5.74, 6) is 1.85. The van der Waals surface area contributed by atoms with E-state index in [9.17, 15) is 9.59 Å². The zero-order valence-electron chi connectivity index (χ0n) is 28.6. The second-order valence-electron chi connectivity index (χ2n) is 11.5. The lowest BCUT2D eigenvalue weighted by Gasteiger charge is -2.06. The molecule has 0 saturated heterocycles. The van der Waals surface area contributed by atoms with Gasteiger partial charge >= 0.3 is 0 Å². The number of hydrogen-bond acceptors (Lipinski definition) is 5. The molecule has 0 radical (unpaired) electrons. The van der Waals surface area contributed by atoms with E-state index in [1.54, 1.807) is 21.6 Å². The standard InChI is InChI=1S/C40H50N4O2S2/c1-4-35(17-18-36-13-9-33(2)10-14-36)21-25-41-24-5-7-39(45)42-26-31-47-48-32-27-43-40(46)8-6-28-44-29-22-38(23-30-44)20-19-37-15-11-34(3)12-16-37/h4,9-23,25,29-30,41H,5-8,24,26-28,31-32H2,1-3H3,(H-,42,43,45,46)/p+1/b18-17+,20-19+,25-21-,35-4-. The van der Waals surface area contributed by atoms with E-state index in [0.717, 1.165) is 48.6 Å². The molecule has 3 rings (SSSR count). The number of amides is 2. The number of carbonyl (C=O) groups is 2. The van der Waals surface area contributed by atoms with Gasteiger partial charge in [0.2, 0.25) is 11.8 Å². The average Bonchev–Trinajstić information content (AvgIpc) is 3.09. The summed E-state index contributed by atoms with van der Waals surface area (Å²) in [6, 6.07) is 21.1. The summed E-state index contributed by atoms with van der Waals surface area (Å²) in [6.45, 7) is 9.06. The van der Waals surface area contributed by atoms with Crippen LogP contribution in [-0.4, -0.2) is 43.0 Å². The highest BCUT2D eigenvalue weighted by Gasteiger charge is 2.05. The van der Waals surface area contributed by atoms with Crippen LogP contribution in [0.3, 0.4) is 0 Å². The number of carbonyl (C=O) groups excluding carboxylic acids is 2. The molecule has 6 nitrogen and oxygen atoms in total. The smallest absolute Gasteiger partial charge is 0.220 e. The van der Waals surface area contributed by atoms with Crippen molar-refractivity contribution >= 4 is 51.6 Å². The van der Waals surface area contributed by atoms with E-state index in [2.05, 4.69) is 138 Å². The molecule has 48 heavy (non-hydrogen) atoms. The van der Waals surface area contributed by atoms with Crippen LogP contribution in [0.25, 0.3) is 18.2 Å². The fraction of sp³-hybridized carbons (Fsp3) is 0.325. The van der Waals surface area contributed by atoms with Crippen LogP contribution in [0, 0.1) is 13.8 Å². The van der Waals surface area contributed by atoms with Crippen molar-refractivity contribution < 1.29 is 14.2 Å². The summed E-state index contributed by atoms with van der Waals surface area (Å²) < 4.78 is 2.12. The molecule has 0 aliphatic rings. The summed E-state index contributed by atoms with van der Waals surface area (Å²) in [6.07, 6.45) is 21.2. The van der Waals surface area contributed by atoms with Gasteiger partial charge in [0.15, 0.2) is 12.4 Å². The van der Waals surface area contributed by atoms with Gasteiger partial charge in [0, 0.05) is 62.5 Å². The second-order valence-corrected chi connectivity index (χ2v) is 14.2. The SMILES string of the molecule is C/C=C(\C=C/NCCCC(=O)NCCSSCCNC(=O)CCC[n+]1ccc(/C=C/c2ccc(C)cc2)cc1)/C=C/c1ccc(C)cc1. The fourth-order valence-electron chi connectivity index (χ4n) is 4.49. The van der Waals surface area contributed by atoms with Crippen molar-refractivity contribution in [2.75, 3.05) is 31.1 Å². The van der Waals surface area contributed by atoms with Crippen LogP contribution < -0.4 is 20.5 Å². The van der Waals surface area contributed by atoms with Gasteiger partial charge in [-0.25, -0.2) is 4.57 Å². The zero-order chi connectivity index (χ0) is 34.2. The lowest BCUT2D eigenvalue weighted by atomic mass is 10.1. The number of hydrogen-bond donors (Lipinski definition) is 3. The Hall–Kier alpha value is -4.01. The fourth-order valence-corrected chi connectivity index (χ4v) is 6.30. The van der Waals surface area contributed by atoms with Gasteiger partial charge in [0.25, 0.3) is 0 Å². The predicted molar refractivity (Wildman–Crippen MR) is 207 cm³/mol. The maximum Gasteiger partial charge on any atom is 0.220 e. The Kier molecular flexibility index (Phi) is 18.7. The molecule has 0 spiro atoms. The summed E-state index contributed by atoms with van der Waals surface area (Å²) in [5.41, 5.74) is 7.15. The Bertz CT molecular complexity index is 1500. The molecule has 1 heterocycles. The quantitative estimate of drug-likeness (QED) is 0.0465. The molecular formula is C40H51N4O2S2+. The van der Waals surface area contributed by atoms with Gasteiger partial charge in [-0.3, -0.25) is 9.59 Å². The Morgan fingerprint density at radius 1 is 0.667 bits per heavy atom. The van der Waals surface area contributed by atoms with E-state index < -0.39 is 0 Å². The number of nitrogens with zero attached hydrogens (tertiary/aromatic N) is 1. The first-order chi connectivity index (χ1) is 23.4. The molecule has 0 saturated carbocycles. The summed E-state index contributed by atoms with van der Waals surface area (Å²) in [7, 11) is 3.44. The van der Waals surface area contributed by atoms with Gasteiger partial charge in [-0.15, -0.1) is 0 Å². The molecule has 0 aliphatic heterocycles. The minimum Gasteiger partial charge on any atom is -0.391 e. The number of allylic oxidation sites excluding steroid dienone is 4. The van der Waals surface area contributed by atoms with Crippen LogP contribution in [0.5, 0.6) is 0 Å². The highest BCUT2D eigenvalue weighted by Crippen LogP contribution is 2.19. The van der Waals surface area contributed by atoms with Crippen LogP contribution in [-0.2, 0) is 16.1 Å². The van der Waals surface area contributed by atoms with E-state index in [1.807, 2.05) is 19.2 Å². The van der Waals surface area contributed by atoms with Crippen molar-refractivity contribution in [2.24, 2.45) is 0 Å². The van der Waals surface area contributed by atoms with Crippen LogP contribution in [0.1, 0.15) is 60.4 Å². The van der Waals surface area contributed by atoms with Crippen LogP contribution in [0.15, 0.2) is 103 Å². The van der Waals surface area contributed by atoms with E-state index >= 15 is 0 Å². The van der Waals surface area contributed by atoms with Gasteiger partial charge in [-0.2, -0.15) is 0 Å². The van der Waals surface area contributed by atoms with Crippen molar-refractivity contribution in [3.05, 3.63) is 131 Å². The van der Waals surface area contributed by atoms with Gasteiger partial charge in [0.05, 0.1) is 0 Å². The first-order valence-electron chi connectivity index (χ1n) is 16.7. The number of benzene rings is 2. The van der Waals surface area contributed by atoms with Crippen molar-refractivity contribution in [3.8, 4) is 0 Å². The molecular weight excluding hydrogens is 633 g/mol. The molecule has 0 atom stereocenters. The molecule has 3 N–H and O–H groups in total. The first-order valence-corrected chi connectivity index (χ1v) is 19.2. The van der Waals surface area contributed by atoms with E-state index in [0.29, 0.717) is 25.9 Å². The predicted octanol–water partition coefficient (Wildman–Crippen LogP) is 7.70. The zero-order valence-corrected chi connectivity index (χ0v) is 30.3. The highest BCUT2D eigenvalue weighted by molar-refractivity contribution is 8.76. The van der Waals surface area contributed by atoms with Gasteiger partial charge in [0.1, 0.15) is 6.54 Å². The van der Waals surface area contributed by atoms with E-state index in [4.69, 9.17) is 0 Å². The average molecular weight is 684 g/mol. The third-order valence-corrected chi connectivity index (χ3v) is 9.79. The van der Waals surface area contributed by atoms with E-state index in [1.165, 1.54) is 22.3 Å². The van der Waals surface area contributed by atoms with Crippen molar-refractivity contribution in [1.82, 2.24) is 16.0 Å². The summed E-state index contributed by atoms with van der Waals surface area (Å²) in [4.78, 5) is 24.3. The minimum absolute atomic E-state index is 0.0814. The lowest BCUT2D eigenvalue weighted by molar-refractivity contribution is -0.697. The number of nitrogens with one attached hydrogen (secondary N) is 3. The topological polar surface area (TPSA) is 74.1 Å². The second kappa shape index (κ2) is 23.3. The third-order valence-electron chi connectivity index (χ3n) is 7.38. The Labute approximate surface area is 295 Å². The van der Waals surface area contributed by atoms with Crippen molar-refractivity contribution in [3.63, 3.8) is 0 Å². The monoisotopic (exact) mass is 683 g/mol. The number of pyridine rings is 1. The lowest BCUT2D eigenvalue weighted by Crippen LogP contribution is -2.34. The Morgan fingerprint density at radius 2 is 1.19 bits per heavy atom.